The number of nitrogens with zero attached hydrogens (tertiary/aromatic N) is 5. The number of aliphatic hydroxyl groups is 1. The fourth-order valence-corrected chi connectivity index (χ4v) is 4.33. The number of amides is 1. The average Bonchev–Trinajstić information content (AvgIpc) is 3.45. The Morgan fingerprint density at radius 2 is 2.12 bits per heavy atom. The van der Waals surface area contributed by atoms with Gasteiger partial charge in [-0.15, -0.1) is 0 Å². The van der Waals surface area contributed by atoms with Crippen molar-refractivity contribution in [2.45, 2.75) is 58.0 Å². The van der Waals surface area contributed by atoms with Crippen LogP contribution in [0.4, 0.5) is 0 Å². The first-order chi connectivity index (χ1) is 16.1. The van der Waals surface area contributed by atoms with Crippen LogP contribution in [0.25, 0.3) is 11.1 Å². The van der Waals surface area contributed by atoms with E-state index in [1.807, 2.05) is 12.3 Å². The molecule has 11 heteroatoms. The minimum absolute atomic E-state index is 0.106. The van der Waals surface area contributed by atoms with Crippen LogP contribution in [-0.2, 0) is 18.0 Å². The molecule has 1 saturated heterocycles. The highest BCUT2D eigenvalue weighted by Crippen LogP contribution is 2.21. The summed E-state index contributed by atoms with van der Waals surface area (Å²) in [6.45, 7) is 10.2. The maximum atomic E-state index is 12.7. The Morgan fingerprint density at radius 3 is 2.79 bits per heavy atom. The first-order valence-electron chi connectivity index (χ1n) is 11.4. The van der Waals surface area contributed by atoms with E-state index in [0.717, 1.165) is 17.2 Å². The molecular formula is C23H31N5O5Si. The molecule has 34 heavy (non-hydrogen) atoms. The summed E-state index contributed by atoms with van der Waals surface area (Å²) >= 11 is 0. The van der Waals surface area contributed by atoms with Gasteiger partial charge in [0.15, 0.2) is 5.69 Å². The van der Waals surface area contributed by atoms with E-state index in [1.54, 1.807) is 24.0 Å². The number of hydrogen-bond donors (Lipinski definition) is 1. The second kappa shape index (κ2) is 9.69. The molecule has 4 rings (SSSR count). The smallest absolute Gasteiger partial charge is 0.276 e. The molecule has 0 aromatic carbocycles. The summed E-state index contributed by atoms with van der Waals surface area (Å²) in [5.41, 5.74) is 1.52. The van der Waals surface area contributed by atoms with Crippen molar-refractivity contribution in [1.29, 1.82) is 0 Å². The highest BCUT2D eigenvalue weighted by atomic mass is 28.3. The van der Waals surface area contributed by atoms with Gasteiger partial charge in [-0.05, 0) is 24.6 Å². The first-order valence-corrected chi connectivity index (χ1v) is 15.1. The lowest BCUT2D eigenvalue weighted by Gasteiger charge is -2.42. The fraction of sp³-hybridized carbons (Fsp3) is 0.478. The fourth-order valence-electron chi connectivity index (χ4n) is 3.57. The molecule has 182 valence electrons. The lowest BCUT2D eigenvalue weighted by atomic mass is 10.0. The third-order valence-electron chi connectivity index (χ3n) is 5.95. The van der Waals surface area contributed by atoms with Gasteiger partial charge in [0.1, 0.15) is 19.5 Å². The normalized spacial score (nSPS) is 18.2. The van der Waals surface area contributed by atoms with Crippen LogP contribution < -0.4 is 5.56 Å². The summed E-state index contributed by atoms with van der Waals surface area (Å²) in [5, 5.41) is 13.9. The van der Waals surface area contributed by atoms with E-state index < -0.39 is 14.2 Å². The number of oxazole rings is 1. The molecule has 0 unspecified atom stereocenters. The Labute approximate surface area is 198 Å². The molecule has 0 spiro atoms. The van der Waals surface area contributed by atoms with E-state index in [-0.39, 0.29) is 42.2 Å². The number of pyridine rings is 1. The highest BCUT2D eigenvalue weighted by molar-refractivity contribution is 6.76. The molecule has 4 heterocycles. The third-order valence-corrected chi connectivity index (χ3v) is 7.66. The number of carbonyl (C=O) groups is 1. The standard InChI is InChI=1S/C23H31N5O5Si/c1-16-20(29)12-28(16)23(31)19-14-33-21(25-19)13-26-6-5-17(9-22(26)30)18-10-24-27(11-18)15-32-7-8-34(2,3)4/h5-6,9-11,14,16,20,29H,7-8,12-13,15H2,1-4H3/t16-,20-/m0/s1. The van der Waals surface area contributed by atoms with Crippen molar-refractivity contribution in [1.82, 2.24) is 24.2 Å². The van der Waals surface area contributed by atoms with Crippen LogP contribution in [-0.4, -0.2) is 68.6 Å². The maximum Gasteiger partial charge on any atom is 0.276 e. The van der Waals surface area contributed by atoms with Gasteiger partial charge in [-0.3, -0.25) is 9.59 Å². The Morgan fingerprint density at radius 1 is 1.32 bits per heavy atom. The zero-order valence-electron chi connectivity index (χ0n) is 20.0. The van der Waals surface area contributed by atoms with Gasteiger partial charge < -0.3 is 23.7 Å². The Bertz CT molecular complexity index is 1210. The minimum Gasteiger partial charge on any atom is -0.446 e. The number of rotatable bonds is 9. The molecule has 1 amide bonds. The molecule has 1 fully saturated rings. The molecular weight excluding hydrogens is 454 g/mol. The van der Waals surface area contributed by atoms with E-state index in [9.17, 15) is 14.7 Å². The lowest BCUT2D eigenvalue weighted by Crippen LogP contribution is -2.60. The summed E-state index contributed by atoms with van der Waals surface area (Å²) in [7, 11) is -1.13. The van der Waals surface area contributed by atoms with Crippen molar-refractivity contribution in [3.8, 4) is 11.1 Å². The van der Waals surface area contributed by atoms with Gasteiger partial charge in [0.05, 0.1) is 18.3 Å². The van der Waals surface area contributed by atoms with E-state index in [1.165, 1.54) is 21.8 Å². The van der Waals surface area contributed by atoms with Gasteiger partial charge in [-0.25, -0.2) is 9.67 Å². The summed E-state index contributed by atoms with van der Waals surface area (Å²) in [6.07, 6.45) is 6.00. The molecule has 3 aromatic heterocycles. The van der Waals surface area contributed by atoms with Gasteiger partial charge in [0, 0.05) is 45.2 Å². The molecule has 1 N–H and O–H groups in total. The van der Waals surface area contributed by atoms with Gasteiger partial charge in [-0.1, -0.05) is 19.6 Å². The lowest BCUT2D eigenvalue weighted by molar-refractivity contribution is -0.0360. The van der Waals surface area contributed by atoms with Crippen LogP contribution in [0.15, 0.2) is 46.2 Å². The van der Waals surface area contributed by atoms with Crippen molar-refractivity contribution in [2.24, 2.45) is 0 Å². The summed E-state index contributed by atoms with van der Waals surface area (Å²) in [4.78, 5) is 30.9. The van der Waals surface area contributed by atoms with E-state index in [0.29, 0.717) is 13.3 Å². The summed E-state index contributed by atoms with van der Waals surface area (Å²) in [5.74, 6) is -0.0350. The topological polar surface area (TPSA) is 116 Å². The molecule has 0 saturated carbocycles. The molecule has 1 aliphatic heterocycles. The van der Waals surface area contributed by atoms with Gasteiger partial charge in [0.25, 0.3) is 11.5 Å². The molecule has 0 radical (unpaired) electrons. The molecule has 10 nitrogen and oxygen atoms in total. The molecule has 0 bridgehead atoms. The third kappa shape index (κ3) is 5.54. The largest absolute Gasteiger partial charge is 0.446 e. The minimum atomic E-state index is -1.13. The van der Waals surface area contributed by atoms with E-state index >= 15 is 0 Å². The quantitative estimate of drug-likeness (QED) is 0.365. The van der Waals surface area contributed by atoms with Crippen molar-refractivity contribution in [3.05, 3.63) is 58.9 Å². The van der Waals surface area contributed by atoms with Gasteiger partial charge in [0.2, 0.25) is 5.89 Å². The molecule has 1 aliphatic rings. The Balaban J connectivity index is 1.36. The zero-order valence-corrected chi connectivity index (χ0v) is 21.0. The van der Waals surface area contributed by atoms with Crippen molar-refractivity contribution >= 4 is 14.0 Å². The van der Waals surface area contributed by atoms with Crippen LogP contribution in [0, 0.1) is 0 Å². The van der Waals surface area contributed by atoms with E-state index in [2.05, 4.69) is 29.7 Å². The van der Waals surface area contributed by atoms with Crippen LogP contribution in [0.3, 0.4) is 0 Å². The monoisotopic (exact) mass is 485 g/mol. The number of aromatic nitrogens is 4. The Hall–Kier alpha value is -3.02. The number of hydrogen-bond acceptors (Lipinski definition) is 7. The summed E-state index contributed by atoms with van der Waals surface area (Å²) in [6, 6.07) is 4.21. The van der Waals surface area contributed by atoms with Crippen LogP contribution in [0.5, 0.6) is 0 Å². The van der Waals surface area contributed by atoms with Crippen molar-refractivity contribution in [2.75, 3.05) is 13.2 Å². The molecule has 0 aliphatic carbocycles. The number of aliphatic hydroxyl groups excluding tert-OH is 1. The van der Waals surface area contributed by atoms with Crippen molar-refractivity contribution < 1.29 is 19.1 Å². The first kappa shape index (κ1) is 24.1. The average molecular weight is 486 g/mol. The highest BCUT2D eigenvalue weighted by Gasteiger charge is 2.38. The Kier molecular flexibility index (Phi) is 6.87. The maximum absolute atomic E-state index is 12.7. The SMILES string of the molecule is C[C@H]1[C@@H](O)CN1C(=O)c1coc(Cn2ccc(-c3cnn(COCC[Si](C)(C)C)c3)cc2=O)n1. The predicted octanol–water partition coefficient (Wildman–Crippen LogP) is 2.27. The van der Waals surface area contributed by atoms with Crippen molar-refractivity contribution in [3.63, 3.8) is 0 Å². The second-order valence-electron chi connectivity index (χ2n) is 9.89. The van der Waals surface area contributed by atoms with Gasteiger partial charge >= 0.3 is 0 Å². The predicted molar refractivity (Wildman–Crippen MR) is 128 cm³/mol. The van der Waals surface area contributed by atoms with Crippen LogP contribution in [0.1, 0.15) is 23.3 Å². The van der Waals surface area contributed by atoms with E-state index in [4.69, 9.17) is 9.15 Å². The molecule has 3 aromatic rings. The van der Waals surface area contributed by atoms with Crippen LogP contribution in [0.2, 0.25) is 25.7 Å². The number of likely N-dealkylation sites (tertiary alicyclic amines) is 1. The number of carbonyl (C=O) groups excluding carboxylic acids is 1. The number of ether oxygens (including phenoxy) is 1. The van der Waals surface area contributed by atoms with Crippen LogP contribution >= 0.6 is 0 Å². The molecule has 2 atom stereocenters. The van der Waals surface area contributed by atoms with Gasteiger partial charge in [-0.2, -0.15) is 5.10 Å². The summed E-state index contributed by atoms with van der Waals surface area (Å²) < 4.78 is 14.3. The zero-order chi connectivity index (χ0) is 24.5. The number of β-amino-alcohol motifs (C(OH)–C–C–N with tert-alkyl or cyclic N) is 1. The second-order valence-corrected chi connectivity index (χ2v) is 15.5.